The van der Waals surface area contributed by atoms with Gasteiger partial charge in [0, 0.05) is 41.4 Å². The summed E-state index contributed by atoms with van der Waals surface area (Å²) in [4.78, 5) is 6.96. The largest absolute Gasteiger partial charge is 0.381 e. The number of nitrogens with zero attached hydrogens (tertiary/aromatic N) is 2. The van der Waals surface area contributed by atoms with Gasteiger partial charge in [-0.3, -0.25) is 4.98 Å². The lowest BCUT2D eigenvalue weighted by Gasteiger charge is -2.34. The molecule has 21 heavy (non-hydrogen) atoms. The number of anilines is 1. The highest BCUT2D eigenvalue weighted by molar-refractivity contribution is 9.10. The Bertz CT molecular complexity index is 617. The maximum atomic E-state index is 5.62. The lowest BCUT2D eigenvalue weighted by Crippen LogP contribution is -2.37. The zero-order chi connectivity index (χ0) is 14.7. The van der Waals surface area contributed by atoms with E-state index < -0.39 is 0 Å². The molecule has 3 nitrogen and oxygen atoms in total. The predicted molar refractivity (Wildman–Crippen MR) is 90.9 cm³/mol. The van der Waals surface area contributed by atoms with Crippen molar-refractivity contribution in [2.24, 2.45) is 5.92 Å². The van der Waals surface area contributed by atoms with E-state index in [0.29, 0.717) is 5.92 Å². The molecule has 0 spiro atoms. The first kappa shape index (κ1) is 14.8. The third kappa shape index (κ3) is 3.38. The van der Waals surface area contributed by atoms with Crippen LogP contribution in [0.15, 0.2) is 34.9 Å². The van der Waals surface area contributed by atoms with Crippen molar-refractivity contribution in [3.05, 3.63) is 34.9 Å². The minimum atomic E-state index is 0.633. The van der Waals surface area contributed by atoms with Gasteiger partial charge in [-0.2, -0.15) is 0 Å². The van der Waals surface area contributed by atoms with Crippen molar-refractivity contribution in [3.8, 4) is 0 Å². The Morgan fingerprint density at radius 3 is 3.14 bits per heavy atom. The Hall–Kier alpha value is -1.13. The average Bonchev–Trinajstić information content (AvgIpc) is 2.52. The first-order chi connectivity index (χ1) is 10.3. The highest BCUT2D eigenvalue weighted by Gasteiger charge is 2.21. The number of hydrogen-bond acceptors (Lipinski definition) is 3. The molecule has 0 N–H and O–H groups in total. The Labute approximate surface area is 134 Å². The van der Waals surface area contributed by atoms with Crippen molar-refractivity contribution in [1.82, 2.24) is 4.98 Å². The second kappa shape index (κ2) is 6.75. The number of halogens is 1. The molecular formula is C17H21BrN2O. The van der Waals surface area contributed by atoms with Gasteiger partial charge in [0.1, 0.15) is 0 Å². The molecule has 0 aliphatic carbocycles. The molecule has 0 amide bonds. The Kier molecular flexibility index (Phi) is 4.76. The topological polar surface area (TPSA) is 25.4 Å². The first-order valence-electron chi connectivity index (χ1n) is 7.65. The first-order valence-corrected chi connectivity index (χ1v) is 8.44. The third-order valence-corrected chi connectivity index (χ3v) is 4.59. The standard InChI is InChI=1S/C17H21BrN2O/c1-2-21-12-13-4-3-9-20(11-13)17-7-8-19-16-6-5-14(18)10-15(16)17/h5-8,10,13H,2-4,9,11-12H2,1H3. The van der Waals surface area contributed by atoms with Crippen LogP contribution in [0.2, 0.25) is 0 Å². The summed E-state index contributed by atoms with van der Waals surface area (Å²) in [5.74, 6) is 0.633. The Morgan fingerprint density at radius 2 is 2.29 bits per heavy atom. The number of hydrogen-bond donors (Lipinski definition) is 0. The van der Waals surface area contributed by atoms with Crippen LogP contribution in [0.25, 0.3) is 10.9 Å². The number of benzene rings is 1. The van der Waals surface area contributed by atoms with Crippen molar-refractivity contribution in [2.75, 3.05) is 31.2 Å². The van der Waals surface area contributed by atoms with E-state index in [-0.39, 0.29) is 0 Å². The van der Waals surface area contributed by atoms with Crippen molar-refractivity contribution >= 4 is 32.5 Å². The molecule has 1 aromatic heterocycles. The molecular weight excluding hydrogens is 328 g/mol. The van der Waals surface area contributed by atoms with Crippen LogP contribution in [0, 0.1) is 5.92 Å². The number of aromatic nitrogens is 1. The van der Waals surface area contributed by atoms with Gasteiger partial charge in [0.15, 0.2) is 0 Å². The fourth-order valence-electron chi connectivity index (χ4n) is 3.08. The van der Waals surface area contributed by atoms with Crippen LogP contribution in [-0.4, -0.2) is 31.3 Å². The summed E-state index contributed by atoms with van der Waals surface area (Å²) in [5, 5.41) is 1.23. The van der Waals surface area contributed by atoms with E-state index in [9.17, 15) is 0 Å². The SMILES string of the molecule is CCOCC1CCCN(c2ccnc3ccc(Br)cc23)C1. The summed E-state index contributed by atoms with van der Waals surface area (Å²) in [6, 6.07) is 8.43. The molecule has 1 aliphatic heterocycles. The van der Waals surface area contributed by atoms with Crippen LogP contribution in [0.4, 0.5) is 5.69 Å². The summed E-state index contributed by atoms with van der Waals surface area (Å²) < 4.78 is 6.72. The molecule has 2 heterocycles. The summed E-state index contributed by atoms with van der Waals surface area (Å²) in [6.07, 6.45) is 4.41. The third-order valence-electron chi connectivity index (χ3n) is 4.10. The highest BCUT2D eigenvalue weighted by atomic mass is 79.9. The number of pyridine rings is 1. The summed E-state index contributed by atoms with van der Waals surface area (Å²) in [6.45, 7) is 5.94. The van der Waals surface area contributed by atoms with Crippen molar-refractivity contribution in [2.45, 2.75) is 19.8 Å². The summed E-state index contributed by atoms with van der Waals surface area (Å²) in [5.41, 5.74) is 2.35. The molecule has 112 valence electrons. The lowest BCUT2D eigenvalue weighted by atomic mass is 9.98. The second-order valence-corrected chi connectivity index (χ2v) is 6.52. The van der Waals surface area contributed by atoms with Crippen LogP contribution >= 0.6 is 15.9 Å². The molecule has 1 saturated heterocycles. The van der Waals surface area contributed by atoms with Gasteiger partial charge in [-0.15, -0.1) is 0 Å². The summed E-state index contributed by atoms with van der Waals surface area (Å²) >= 11 is 3.57. The Morgan fingerprint density at radius 1 is 1.38 bits per heavy atom. The zero-order valence-electron chi connectivity index (χ0n) is 12.4. The Balaban J connectivity index is 1.87. The number of fused-ring (bicyclic) bond motifs is 1. The molecule has 2 aromatic rings. The van der Waals surface area contributed by atoms with E-state index in [1.54, 1.807) is 0 Å². The number of ether oxygens (including phenoxy) is 1. The van der Waals surface area contributed by atoms with Gasteiger partial charge in [-0.25, -0.2) is 0 Å². The van der Waals surface area contributed by atoms with E-state index >= 15 is 0 Å². The number of piperidine rings is 1. The molecule has 4 heteroatoms. The minimum absolute atomic E-state index is 0.633. The number of rotatable bonds is 4. The fourth-order valence-corrected chi connectivity index (χ4v) is 3.45. The molecule has 1 aromatic carbocycles. The molecule has 0 saturated carbocycles. The van der Waals surface area contributed by atoms with Gasteiger partial charge < -0.3 is 9.64 Å². The van der Waals surface area contributed by atoms with Crippen LogP contribution in [-0.2, 0) is 4.74 Å². The van der Waals surface area contributed by atoms with Crippen LogP contribution < -0.4 is 4.90 Å². The van der Waals surface area contributed by atoms with E-state index in [1.807, 2.05) is 12.3 Å². The maximum Gasteiger partial charge on any atom is 0.0723 e. The minimum Gasteiger partial charge on any atom is -0.381 e. The van der Waals surface area contributed by atoms with E-state index in [1.165, 1.54) is 23.9 Å². The maximum absolute atomic E-state index is 5.62. The van der Waals surface area contributed by atoms with E-state index in [2.05, 4.69) is 50.9 Å². The molecule has 1 aliphatic rings. The van der Waals surface area contributed by atoms with Crippen molar-refractivity contribution < 1.29 is 4.74 Å². The van der Waals surface area contributed by atoms with Gasteiger partial charge in [-0.1, -0.05) is 15.9 Å². The zero-order valence-corrected chi connectivity index (χ0v) is 14.0. The highest BCUT2D eigenvalue weighted by Crippen LogP contribution is 2.31. The molecule has 0 radical (unpaired) electrons. The molecule has 3 rings (SSSR count). The normalized spacial score (nSPS) is 19.1. The van der Waals surface area contributed by atoms with E-state index in [4.69, 9.17) is 4.74 Å². The van der Waals surface area contributed by atoms with Gasteiger partial charge in [0.2, 0.25) is 0 Å². The van der Waals surface area contributed by atoms with Gasteiger partial charge in [-0.05, 0) is 49.9 Å². The quantitative estimate of drug-likeness (QED) is 0.825. The van der Waals surface area contributed by atoms with Crippen LogP contribution in [0.1, 0.15) is 19.8 Å². The van der Waals surface area contributed by atoms with Gasteiger partial charge in [0.05, 0.1) is 12.1 Å². The fraction of sp³-hybridized carbons (Fsp3) is 0.471. The average molecular weight is 349 g/mol. The van der Waals surface area contributed by atoms with Gasteiger partial charge in [0.25, 0.3) is 0 Å². The van der Waals surface area contributed by atoms with Crippen molar-refractivity contribution in [3.63, 3.8) is 0 Å². The van der Waals surface area contributed by atoms with Crippen LogP contribution in [0.5, 0.6) is 0 Å². The lowest BCUT2D eigenvalue weighted by molar-refractivity contribution is 0.104. The molecule has 1 fully saturated rings. The predicted octanol–water partition coefficient (Wildman–Crippen LogP) is 4.25. The van der Waals surface area contributed by atoms with Crippen molar-refractivity contribution in [1.29, 1.82) is 0 Å². The van der Waals surface area contributed by atoms with Gasteiger partial charge >= 0.3 is 0 Å². The molecule has 1 atom stereocenters. The molecule has 0 bridgehead atoms. The summed E-state index contributed by atoms with van der Waals surface area (Å²) in [7, 11) is 0. The van der Waals surface area contributed by atoms with Crippen LogP contribution in [0.3, 0.4) is 0 Å². The molecule has 1 unspecified atom stereocenters. The van der Waals surface area contributed by atoms with E-state index in [0.717, 1.165) is 36.3 Å². The smallest absolute Gasteiger partial charge is 0.0723 e. The monoisotopic (exact) mass is 348 g/mol. The second-order valence-electron chi connectivity index (χ2n) is 5.61.